The molecule has 5 aliphatic rings. The normalized spacial score (nSPS) is 33.3. The first-order chi connectivity index (χ1) is 19.0. The Kier molecular flexibility index (Phi) is 7.54. The SMILES string of the molecule is O=C1OCC=C[C@@H]2S[C@]34C=CCN(CCN5CCOCC5)C(=O)C3N([C@@H](CO)Cc3ccccc3)C(=O)[C@@H]4[C@H]12. The summed E-state index contributed by atoms with van der Waals surface area (Å²) in [6, 6.07) is 8.27. The molecule has 9 nitrogen and oxygen atoms in total. The van der Waals surface area contributed by atoms with Gasteiger partial charge in [-0.3, -0.25) is 19.3 Å². The van der Waals surface area contributed by atoms with Crippen molar-refractivity contribution in [1.82, 2.24) is 14.7 Å². The third-order valence-electron chi connectivity index (χ3n) is 8.64. The van der Waals surface area contributed by atoms with Crippen LogP contribution in [0.2, 0.25) is 0 Å². The number of rotatable bonds is 7. The number of hydrogen-bond acceptors (Lipinski definition) is 8. The fraction of sp³-hybridized carbons (Fsp3) is 0.552. The first-order valence-corrected chi connectivity index (χ1v) is 14.7. The average molecular weight is 554 g/mol. The summed E-state index contributed by atoms with van der Waals surface area (Å²) < 4.78 is 10.0. The molecule has 2 amide bonds. The van der Waals surface area contributed by atoms with Crippen LogP contribution in [-0.4, -0.2) is 119 Å². The molecule has 1 aromatic carbocycles. The zero-order valence-electron chi connectivity index (χ0n) is 21.9. The van der Waals surface area contributed by atoms with Crippen LogP contribution in [0, 0.1) is 11.8 Å². The number of benzene rings is 1. The highest BCUT2D eigenvalue weighted by atomic mass is 32.2. The number of morpholine rings is 1. The van der Waals surface area contributed by atoms with Gasteiger partial charge in [-0.15, -0.1) is 11.8 Å². The smallest absolute Gasteiger partial charge is 0.311 e. The van der Waals surface area contributed by atoms with E-state index in [0.29, 0.717) is 32.7 Å². The molecule has 1 N–H and O–H groups in total. The van der Waals surface area contributed by atoms with E-state index in [9.17, 15) is 19.5 Å². The van der Waals surface area contributed by atoms with Gasteiger partial charge in [-0.1, -0.05) is 54.6 Å². The zero-order valence-corrected chi connectivity index (χ0v) is 22.7. The van der Waals surface area contributed by atoms with Crippen LogP contribution < -0.4 is 0 Å². The van der Waals surface area contributed by atoms with Crippen LogP contribution in [-0.2, 0) is 30.3 Å². The Bertz CT molecular complexity index is 1150. The van der Waals surface area contributed by atoms with Crippen LogP contribution in [0.3, 0.4) is 0 Å². The number of esters is 1. The number of nitrogens with zero attached hydrogens (tertiary/aromatic N) is 3. The zero-order chi connectivity index (χ0) is 27.0. The van der Waals surface area contributed by atoms with Crippen molar-refractivity contribution >= 4 is 29.5 Å². The molecule has 0 aromatic heterocycles. The monoisotopic (exact) mass is 553 g/mol. The highest BCUT2D eigenvalue weighted by Crippen LogP contribution is 2.61. The molecule has 208 valence electrons. The molecule has 10 heteroatoms. The minimum Gasteiger partial charge on any atom is -0.461 e. The van der Waals surface area contributed by atoms with Gasteiger partial charge in [0.05, 0.1) is 42.4 Å². The Hall–Kier alpha value is -2.66. The van der Waals surface area contributed by atoms with Crippen LogP contribution in [0.1, 0.15) is 5.56 Å². The lowest BCUT2D eigenvalue weighted by Crippen LogP contribution is -2.57. The van der Waals surface area contributed by atoms with E-state index in [0.717, 1.165) is 25.2 Å². The van der Waals surface area contributed by atoms with Gasteiger partial charge in [0.2, 0.25) is 11.8 Å². The molecule has 1 unspecified atom stereocenters. The number of aliphatic hydroxyl groups excluding tert-OH is 1. The summed E-state index contributed by atoms with van der Waals surface area (Å²) in [4.78, 5) is 47.7. The second kappa shape index (κ2) is 11.1. The molecule has 0 saturated carbocycles. The molecule has 6 rings (SSSR count). The van der Waals surface area contributed by atoms with Crippen LogP contribution in [0.5, 0.6) is 0 Å². The number of amides is 2. The van der Waals surface area contributed by atoms with E-state index in [4.69, 9.17) is 9.47 Å². The number of cyclic esters (lactones) is 1. The van der Waals surface area contributed by atoms with Crippen molar-refractivity contribution in [3.8, 4) is 0 Å². The van der Waals surface area contributed by atoms with Gasteiger partial charge in [-0.25, -0.2) is 0 Å². The number of carbonyl (C=O) groups excluding carboxylic acids is 3. The summed E-state index contributed by atoms with van der Waals surface area (Å²) in [5, 5.41) is 10.3. The van der Waals surface area contributed by atoms with Crippen molar-refractivity contribution in [2.24, 2.45) is 11.8 Å². The third-order valence-corrected chi connectivity index (χ3v) is 10.4. The Morgan fingerprint density at radius 2 is 1.85 bits per heavy atom. The minimum absolute atomic E-state index is 0.128. The van der Waals surface area contributed by atoms with Crippen LogP contribution in [0.25, 0.3) is 0 Å². The van der Waals surface area contributed by atoms with E-state index < -0.39 is 34.6 Å². The molecule has 0 radical (unpaired) electrons. The van der Waals surface area contributed by atoms with Crippen molar-refractivity contribution in [2.45, 2.75) is 28.5 Å². The number of likely N-dealkylation sites (tertiary alicyclic amines) is 1. The van der Waals surface area contributed by atoms with E-state index in [1.54, 1.807) is 4.90 Å². The van der Waals surface area contributed by atoms with Gasteiger partial charge in [0.15, 0.2) is 0 Å². The van der Waals surface area contributed by atoms with Gasteiger partial charge < -0.3 is 24.4 Å². The molecule has 6 atom stereocenters. The summed E-state index contributed by atoms with van der Waals surface area (Å²) in [7, 11) is 0. The molecule has 1 aromatic rings. The lowest BCUT2D eigenvalue weighted by atomic mass is 9.78. The maximum atomic E-state index is 14.4. The highest BCUT2D eigenvalue weighted by molar-refractivity contribution is 8.02. The maximum Gasteiger partial charge on any atom is 0.311 e. The summed E-state index contributed by atoms with van der Waals surface area (Å²) >= 11 is 1.53. The van der Waals surface area contributed by atoms with Gasteiger partial charge in [-0.05, 0) is 12.0 Å². The lowest BCUT2D eigenvalue weighted by molar-refractivity contribution is -0.152. The molecule has 39 heavy (non-hydrogen) atoms. The van der Waals surface area contributed by atoms with E-state index in [-0.39, 0.29) is 30.3 Å². The quantitative estimate of drug-likeness (QED) is 0.390. The maximum absolute atomic E-state index is 14.4. The van der Waals surface area contributed by atoms with Crippen molar-refractivity contribution in [2.75, 3.05) is 59.2 Å². The van der Waals surface area contributed by atoms with Gasteiger partial charge >= 0.3 is 5.97 Å². The Morgan fingerprint density at radius 3 is 2.62 bits per heavy atom. The second-order valence-corrected chi connectivity index (χ2v) is 12.3. The largest absolute Gasteiger partial charge is 0.461 e. The van der Waals surface area contributed by atoms with Crippen LogP contribution in [0.15, 0.2) is 54.6 Å². The molecular weight excluding hydrogens is 518 g/mol. The van der Waals surface area contributed by atoms with Gasteiger partial charge in [0, 0.05) is 38.0 Å². The second-order valence-electron chi connectivity index (χ2n) is 10.8. The fourth-order valence-electron chi connectivity index (χ4n) is 6.77. The fourth-order valence-corrected chi connectivity index (χ4v) is 8.76. The summed E-state index contributed by atoms with van der Waals surface area (Å²) in [6.45, 7) is 4.62. The summed E-state index contributed by atoms with van der Waals surface area (Å²) in [5.41, 5.74) is 0.971. The first kappa shape index (κ1) is 26.6. The number of ether oxygens (including phenoxy) is 2. The van der Waals surface area contributed by atoms with E-state index in [1.807, 2.05) is 59.5 Å². The number of fused-ring (bicyclic) bond motifs is 2. The Morgan fingerprint density at radius 1 is 1.05 bits per heavy atom. The molecule has 3 fully saturated rings. The average Bonchev–Trinajstić information content (AvgIpc) is 3.27. The lowest BCUT2D eigenvalue weighted by Gasteiger charge is -2.39. The predicted octanol–water partition coefficient (Wildman–Crippen LogP) is 0.731. The molecule has 0 aliphatic carbocycles. The number of thioether (sulfide) groups is 1. The number of hydrogen-bond donors (Lipinski definition) is 1. The van der Waals surface area contributed by atoms with E-state index in [1.165, 1.54) is 11.8 Å². The van der Waals surface area contributed by atoms with E-state index in [2.05, 4.69) is 4.90 Å². The topological polar surface area (TPSA) is 99.6 Å². The molecule has 1 spiro atoms. The minimum atomic E-state index is -0.915. The van der Waals surface area contributed by atoms with Crippen LogP contribution >= 0.6 is 11.8 Å². The van der Waals surface area contributed by atoms with Crippen molar-refractivity contribution in [1.29, 1.82) is 0 Å². The van der Waals surface area contributed by atoms with Gasteiger partial charge in [0.1, 0.15) is 12.6 Å². The first-order valence-electron chi connectivity index (χ1n) is 13.8. The predicted molar refractivity (Wildman–Crippen MR) is 146 cm³/mol. The molecule has 3 saturated heterocycles. The van der Waals surface area contributed by atoms with Crippen molar-refractivity contribution < 1.29 is 29.0 Å². The molecule has 5 heterocycles. The number of carbonyl (C=O) groups is 3. The summed E-state index contributed by atoms with van der Waals surface area (Å²) in [6.07, 6.45) is 8.18. The third kappa shape index (κ3) is 4.71. The van der Waals surface area contributed by atoms with E-state index >= 15 is 0 Å². The Labute approximate surface area is 232 Å². The highest BCUT2D eigenvalue weighted by Gasteiger charge is 2.71. The molecule has 0 bridgehead atoms. The van der Waals surface area contributed by atoms with Crippen molar-refractivity contribution in [3.05, 3.63) is 60.2 Å². The van der Waals surface area contributed by atoms with Crippen molar-refractivity contribution in [3.63, 3.8) is 0 Å². The van der Waals surface area contributed by atoms with Gasteiger partial charge in [0.25, 0.3) is 0 Å². The molecule has 5 aliphatic heterocycles. The Balaban J connectivity index is 1.36. The standard InChI is InChI=1S/C29H35N3O6S/c33-19-21(18-20-6-2-1-3-7-20)32-25-27(35)31(12-11-30-13-16-37-17-14-30)10-5-9-29(25)24(26(32)34)23-22(39-29)8-4-15-38-28(23)36/h1-9,21-25,33H,10-19H2/t21-,22+,23-,24+,25?,29+/m1/s1. The summed E-state index contributed by atoms with van der Waals surface area (Å²) in [5.74, 6) is -2.20. The molecular formula is C29H35N3O6S. The number of aliphatic hydroxyl groups is 1. The van der Waals surface area contributed by atoms with Gasteiger partial charge in [-0.2, -0.15) is 0 Å². The van der Waals surface area contributed by atoms with Crippen LogP contribution in [0.4, 0.5) is 0 Å².